The summed E-state index contributed by atoms with van der Waals surface area (Å²) in [6.07, 6.45) is -5.79. The van der Waals surface area contributed by atoms with Gasteiger partial charge in [-0.2, -0.15) is 18.3 Å². The van der Waals surface area contributed by atoms with Crippen molar-refractivity contribution in [3.05, 3.63) is 65.9 Å². The molecule has 0 aliphatic rings. The van der Waals surface area contributed by atoms with Crippen LogP contribution in [0.3, 0.4) is 0 Å². The van der Waals surface area contributed by atoms with Gasteiger partial charge in [-0.15, -0.1) is 0 Å². The molecular formula is C23H20F3N3O2S. The predicted octanol–water partition coefficient (Wildman–Crippen LogP) is 6.24. The fourth-order valence-corrected chi connectivity index (χ4v) is 4.88. The molecule has 1 N–H and O–H groups in total. The van der Waals surface area contributed by atoms with Crippen LogP contribution in [0, 0.1) is 6.92 Å². The first kappa shape index (κ1) is 22.1. The lowest BCUT2D eigenvalue weighted by molar-refractivity contribution is -0.142. The molecule has 0 radical (unpaired) electrons. The first-order valence-electron chi connectivity index (χ1n) is 10.0. The molecule has 0 amide bonds. The third-order valence-corrected chi connectivity index (χ3v) is 6.29. The van der Waals surface area contributed by atoms with E-state index >= 15 is 0 Å². The SMILES string of the molecule is Cc1nc2c3ccccc3nn2c(Sc2ccccc2)c1C(CCCC(F)(F)F)C(=O)O. The van der Waals surface area contributed by atoms with Crippen LogP contribution in [0.15, 0.2) is 64.5 Å². The Balaban J connectivity index is 1.89. The molecule has 166 valence electrons. The summed E-state index contributed by atoms with van der Waals surface area (Å²) in [4.78, 5) is 17.7. The lowest BCUT2D eigenvalue weighted by Gasteiger charge is -2.20. The molecule has 2 aromatic carbocycles. The number of rotatable bonds is 7. The number of nitrogens with zero attached hydrogens (tertiary/aromatic N) is 3. The van der Waals surface area contributed by atoms with Crippen LogP contribution in [0.25, 0.3) is 16.6 Å². The minimum absolute atomic E-state index is 0.147. The zero-order valence-corrected chi connectivity index (χ0v) is 18.0. The third-order valence-electron chi connectivity index (χ3n) is 5.20. The predicted molar refractivity (Wildman–Crippen MR) is 116 cm³/mol. The Morgan fingerprint density at radius 3 is 2.50 bits per heavy atom. The van der Waals surface area contributed by atoms with E-state index in [2.05, 4.69) is 10.1 Å². The molecule has 1 unspecified atom stereocenters. The van der Waals surface area contributed by atoms with Gasteiger partial charge in [-0.3, -0.25) is 4.79 Å². The van der Waals surface area contributed by atoms with Gasteiger partial charge < -0.3 is 5.11 Å². The normalized spacial score (nSPS) is 13.0. The fraction of sp³-hybridized carbons (Fsp3) is 0.261. The lowest BCUT2D eigenvalue weighted by atomic mass is 9.93. The van der Waals surface area contributed by atoms with Crippen LogP contribution in [0.1, 0.15) is 36.4 Å². The summed E-state index contributed by atoms with van der Waals surface area (Å²) in [5, 5.41) is 15.9. The van der Waals surface area contributed by atoms with Gasteiger partial charge in [-0.1, -0.05) is 42.1 Å². The molecule has 0 saturated carbocycles. The van der Waals surface area contributed by atoms with Gasteiger partial charge in [0.25, 0.3) is 0 Å². The molecule has 0 saturated heterocycles. The third kappa shape index (κ3) is 4.57. The van der Waals surface area contributed by atoms with E-state index in [-0.39, 0.29) is 12.8 Å². The van der Waals surface area contributed by atoms with Crippen molar-refractivity contribution in [3.63, 3.8) is 0 Å². The van der Waals surface area contributed by atoms with Gasteiger partial charge in [0.15, 0.2) is 5.65 Å². The number of halogens is 3. The van der Waals surface area contributed by atoms with E-state index in [1.807, 2.05) is 54.6 Å². The zero-order chi connectivity index (χ0) is 22.9. The van der Waals surface area contributed by atoms with Crippen molar-refractivity contribution in [1.29, 1.82) is 0 Å². The van der Waals surface area contributed by atoms with Crippen LogP contribution in [0.5, 0.6) is 0 Å². The number of hydrogen-bond acceptors (Lipinski definition) is 4. The number of carbonyl (C=O) groups is 1. The summed E-state index contributed by atoms with van der Waals surface area (Å²) >= 11 is 1.33. The average molecular weight is 459 g/mol. The molecule has 9 heteroatoms. The van der Waals surface area contributed by atoms with Crippen LogP contribution in [0.2, 0.25) is 0 Å². The number of benzene rings is 2. The summed E-state index contributed by atoms with van der Waals surface area (Å²) in [6.45, 7) is 1.70. The maximum Gasteiger partial charge on any atom is 0.389 e. The molecule has 0 aliphatic carbocycles. The Bertz CT molecular complexity index is 1270. The zero-order valence-electron chi connectivity index (χ0n) is 17.1. The Hall–Kier alpha value is -3.07. The molecule has 0 aliphatic heterocycles. The van der Waals surface area contributed by atoms with Gasteiger partial charge in [0.2, 0.25) is 0 Å². The van der Waals surface area contributed by atoms with E-state index in [1.165, 1.54) is 11.8 Å². The number of aliphatic carboxylic acids is 1. The smallest absolute Gasteiger partial charge is 0.389 e. The van der Waals surface area contributed by atoms with Crippen molar-refractivity contribution < 1.29 is 23.1 Å². The summed E-state index contributed by atoms with van der Waals surface area (Å²) in [5.74, 6) is -2.31. The summed E-state index contributed by atoms with van der Waals surface area (Å²) in [5.41, 5.74) is 2.16. The summed E-state index contributed by atoms with van der Waals surface area (Å²) < 4.78 is 39.7. The second-order valence-corrected chi connectivity index (χ2v) is 8.54. The van der Waals surface area contributed by atoms with E-state index in [1.54, 1.807) is 11.4 Å². The highest BCUT2D eigenvalue weighted by Gasteiger charge is 2.32. The highest BCUT2D eigenvalue weighted by Crippen LogP contribution is 2.39. The summed E-state index contributed by atoms with van der Waals surface area (Å²) in [7, 11) is 0. The lowest BCUT2D eigenvalue weighted by Crippen LogP contribution is -2.18. The number of fused-ring (bicyclic) bond motifs is 3. The fourth-order valence-electron chi connectivity index (χ4n) is 3.75. The second-order valence-electron chi connectivity index (χ2n) is 7.48. The molecule has 0 bridgehead atoms. The van der Waals surface area contributed by atoms with Gasteiger partial charge in [0, 0.05) is 28.0 Å². The number of aromatic nitrogens is 3. The van der Waals surface area contributed by atoms with Crippen molar-refractivity contribution >= 4 is 34.3 Å². The van der Waals surface area contributed by atoms with Gasteiger partial charge in [0.1, 0.15) is 5.03 Å². The number of hydrogen-bond donors (Lipinski definition) is 1. The number of alkyl halides is 3. The Morgan fingerprint density at radius 1 is 1.12 bits per heavy atom. The van der Waals surface area contributed by atoms with Crippen LogP contribution < -0.4 is 0 Å². The van der Waals surface area contributed by atoms with Gasteiger partial charge in [0.05, 0.1) is 11.4 Å². The monoisotopic (exact) mass is 459 g/mol. The molecule has 4 rings (SSSR count). The molecular weight excluding hydrogens is 439 g/mol. The van der Waals surface area contributed by atoms with E-state index in [4.69, 9.17) is 0 Å². The highest BCUT2D eigenvalue weighted by atomic mass is 32.2. The molecule has 5 nitrogen and oxygen atoms in total. The van der Waals surface area contributed by atoms with E-state index in [0.29, 0.717) is 27.4 Å². The van der Waals surface area contributed by atoms with E-state index < -0.39 is 24.5 Å². The molecule has 1 atom stereocenters. The molecule has 4 aromatic rings. The van der Waals surface area contributed by atoms with E-state index in [9.17, 15) is 23.1 Å². The Labute approximate surface area is 186 Å². The first-order valence-corrected chi connectivity index (χ1v) is 10.9. The number of carboxylic acids is 1. The molecule has 32 heavy (non-hydrogen) atoms. The van der Waals surface area contributed by atoms with Gasteiger partial charge in [-0.25, -0.2) is 9.50 Å². The quantitative estimate of drug-likeness (QED) is 0.331. The van der Waals surface area contributed by atoms with Crippen molar-refractivity contribution in [1.82, 2.24) is 14.6 Å². The first-order chi connectivity index (χ1) is 15.2. The molecule has 0 spiro atoms. The van der Waals surface area contributed by atoms with Crippen LogP contribution in [-0.2, 0) is 4.79 Å². The maximum atomic E-state index is 12.7. The maximum absolute atomic E-state index is 12.7. The Kier molecular flexibility index (Phi) is 6.10. The average Bonchev–Trinajstić information content (AvgIpc) is 3.10. The molecule has 2 aromatic heterocycles. The number of aryl methyl sites for hydroxylation is 1. The standard InChI is InChI=1S/C23H20F3N3O2S/c1-14-19(17(22(30)31)11-7-13-23(24,25)26)21(32-15-8-3-2-4-9-15)29-20(27-14)16-10-5-6-12-18(16)28-29/h2-6,8-10,12,17H,7,11,13H2,1H3,(H,30,31). The molecule has 2 heterocycles. The highest BCUT2D eigenvalue weighted by molar-refractivity contribution is 7.99. The van der Waals surface area contributed by atoms with Crippen molar-refractivity contribution in [2.45, 2.75) is 48.2 Å². The minimum atomic E-state index is -4.33. The largest absolute Gasteiger partial charge is 0.481 e. The minimum Gasteiger partial charge on any atom is -0.481 e. The van der Waals surface area contributed by atoms with Gasteiger partial charge >= 0.3 is 12.1 Å². The van der Waals surface area contributed by atoms with Crippen molar-refractivity contribution in [2.75, 3.05) is 0 Å². The van der Waals surface area contributed by atoms with Gasteiger partial charge in [-0.05, 0) is 44.0 Å². The van der Waals surface area contributed by atoms with Crippen molar-refractivity contribution in [3.8, 4) is 0 Å². The van der Waals surface area contributed by atoms with Crippen LogP contribution in [0.4, 0.5) is 13.2 Å². The number of carboxylic acid groups (broad SMARTS) is 1. The van der Waals surface area contributed by atoms with Crippen molar-refractivity contribution in [2.24, 2.45) is 0 Å². The topological polar surface area (TPSA) is 67.5 Å². The van der Waals surface area contributed by atoms with Crippen LogP contribution >= 0.6 is 11.8 Å². The summed E-state index contributed by atoms with van der Waals surface area (Å²) in [6, 6.07) is 16.8. The van der Waals surface area contributed by atoms with Crippen LogP contribution in [-0.4, -0.2) is 31.9 Å². The van der Waals surface area contributed by atoms with E-state index in [0.717, 1.165) is 10.3 Å². The Morgan fingerprint density at radius 2 is 1.81 bits per heavy atom. The molecule has 0 fully saturated rings. The second kappa shape index (κ2) is 8.82.